The molecule has 2 rings (SSSR count). The summed E-state index contributed by atoms with van der Waals surface area (Å²) in [6.07, 6.45) is 5.89. The number of methoxy groups -OCH3 is 1. The third kappa shape index (κ3) is 8.56. The summed E-state index contributed by atoms with van der Waals surface area (Å²) in [5.41, 5.74) is 2.41. The second kappa shape index (κ2) is 14.1. The lowest BCUT2D eigenvalue weighted by atomic mass is 10.1. The van der Waals surface area contributed by atoms with Crippen LogP contribution in [0.15, 0.2) is 35.6 Å². The topological polar surface area (TPSA) is 75.9 Å². The highest BCUT2D eigenvalue weighted by atomic mass is 127. The zero-order valence-electron chi connectivity index (χ0n) is 19.5. The Morgan fingerprint density at radius 2 is 2.03 bits per heavy atom. The number of hydrogen-bond acceptors (Lipinski definition) is 5. The third-order valence-corrected chi connectivity index (χ3v) is 4.88. The number of rotatable bonds is 11. The summed E-state index contributed by atoms with van der Waals surface area (Å²) in [5.74, 6) is 2.37. The van der Waals surface area contributed by atoms with E-state index in [1.165, 1.54) is 11.1 Å². The smallest absolute Gasteiger partial charge is 0.191 e. The van der Waals surface area contributed by atoms with Crippen LogP contribution < -0.4 is 20.1 Å². The lowest BCUT2D eigenvalue weighted by Crippen LogP contribution is -2.42. The summed E-state index contributed by atoms with van der Waals surface area (Å²) in [6.45, 7) is 4.17. The predicted octanol–water partition coefficient (Wildman–Crippen LogP) is 2.85. The fraction of sp³-hybridized carbons (Fsp3) is 0.545. The maximum Gasteiger partial charge on any atom is 0.191 e. The number of hydrogen-bond donors (Lipinski definition) is 2. The van der Waals surface area contributed by atoms with E-state index in [1.807, 2.05) is 37.1 Å². The van der Waals surface area contributed by atoms with Gasteiger partial charge in [0.25, 0.3) is 0 Å². The number of aryl methyl sites for hydroxylation is 2. The molecule has 1 atom stereocenters. The minimum atomic E-state index is 0. The number of aliphatic imine (C=N–C) groups is 1. The van der Waals surface area contributed by atoms with E-state index in [9.17, 15) is 0 Å². The molecule has 31 heavy (non-hydrogen) atoms. The molecule has 0 saturated heterocycles. The van der Waals surface area contributed by atoms with Gasteiger partial charge in [-0.2, -0.15) is 5.10 Å². The van der Waals surface area contributed by atoms with E-state index in [1.54, 1.807) is 14.2 Å². The quantitative estimate of drug-likeness (QED) is 0.196. The number of ether oxygens (including phenoxy) is 2. The molecule has 8 nitrogen and oxygen atoms in total. The van der Waals surface area contributed by atoms with Crippen LogP contribution in [-0.4, -0.2) is 68.6 Å². The standard InChI is InChI=1S/C22H36N6O2.HI/c1-7-30-21-13-17(10-11-20(21)29-6)9-8-12-24-22(23-2)25-15-19(27(3)4)18-14-26-28(5)16-18;/h10-11,13-14,16,19H,7-9,12,15H2,1-6H3,(H2,23,24,25);1H. The molecular formula is C22H37IN6O2. The molecule has 2 aromatic rings. The minimum absolute atomic E-state index is 0. The van der Waals surface area contributed by atoms with E-state index in [0.717, 1.165) is 43.4 Å². The van der Waals surface area contributed by atoms with Crippen LogP contribution in [0.2, 0.25) is 0 Å². The third-order valence-electron chi connectivity index (χ3n) is 4.88. The van der Waals surface area contributed by atoms with Gasteiger partial charge in [-0.1, -0.05) is 6.07 Å². The van der Waals surface area contributed by atoms with Crippen LogP contribution in [0.25, 0.3) is 0 Å². The van der Waals surface area contributed by atoms with Gasteiger partial charge in [-0.25, -0.2) is 0 Å². The molecule has 0 fully saturated rings. The van der Waals surface area contributed by atoms with Crippen molar-refractivity contribution in [2.24, 2.45) is 12.0 Å². The Balaban J connectivity index is 0.00000480. The first kappa shape index (κ1) is 27.0. The van der Waals surface area contributed by atoms with Crippen LogP contribution in [0.1, 0.15) is 30.5 Å². The van der Waals surface area contributed by atoms with E-state index in [2.05, 4.69) is 51.9 Å². The van der Waals surface area contributed by atoms with Crippen molar-refractivity contribution in [3.8, 4) is 11.5 Å². The normalized spacial score (nSPS) is 12.3. The van der Waals surface area contributed by atoms with Crippen molar-refractivity contribution in [3.05, 3.63) is 41.7 Å². The van der Waals surface area contributed by atoms with Gasteiger partial charge in [-0.15, -0.1) is 24.0 Å². The monoisotopic (exact) mass is 544 g/mol. The summed E-state index contributed by atoms with van der Waals surface area (Å²) in [6, 6.07) is 6.33. The molecule has 0 spiro atoms. The van der Waals surface area contributed by atoms with E-state index in [0.29, 0.717) is 6.61 Å². The molecule has 2 N–H and O–H groups in total. The second-order valence-electron chi connectivity index (χ2n) is 7.33. The van der Waals surface area contributed by atoms with E-state index in [-0.39, 0.29) is 30.0 Å². The van der Waals surface area contributed by atoms with Gasteiger partial charge in [0.2, 0.25) is 0 Å². The Morgan fingerprint density at radius 3 is 2.61 bits per heavy atom. The van der Waals surface area contributed by atoms with Crippen LogP contribution in [-0.2, 0) is 13.5 Å². The van der Waals surface area contributed by atoms with Gasteiger partial charge in [0.05, 0.1) is 26.0 Å². The lowest BCUT2D eigenvalue weighted by Gasteiger charge is -2.24. The Hall–Kier alpha value is -2.01. The summed E-state index contributed by atoms with van der Waals surface area (Å²) in [5, 5.41) is 11.1. The molecule has 0 saturated carbocycles. The van der Waals surface area contributed by atoms with Crippen LogP contribution in [0, 0.1) is 0 Å². The maximum absolute atomic E-state index is 5.66. The van der Waals surface area contributed by atoms with Crippen molar-refractivity contribution in [2.45, 2.75) is 25.8 Å². The van der Waals surface area contributed by atoms with Crippen LogP contribution >= 0.6 is 24.0 Å². The molecule has 1 unspecified atom stereocenters. The van der Waals surface area contributed by atoms with Crippen LogP contribution in [0.3, 0.4) is 0 Å². The van der Waals surface area contributed by atoms with Crippen molar-refractivity contribution in [1.29, 1.82) is 0 Å². The van der Waals surface area contributed by atoms with Gasteiger partial charge in [-0.05, 0) is 51.6 Å². The fourth-order valence-corrected chi connectivity index (χ4v) is 3.27. The predicted molar refractivity (Wildman–Crippen MR) is 137 cm³/mol. The van der Waals surface area contributed by atoms with Gasteiger partial charge in [-0.3, -0.25) is 9.67 Å². The lowest BCUT2D eigenvalue weighted by molar-refractivity contribution is 0.298. The largest absolute Gasteiger partial charge is 0.493 e. The Labute approximate surface area is 203 Å². The molecule has 1 heterocycles. The molecule has 0 aliphatic rings. The Bertz CT molecular complexity index is 809. The average Bonchev–Trinajstić information content (AvgIpc) is 3.15. The molecule has 0 amide bonds. The summed E-state index contributed by atoms with van der Waals surface area (Å²) < 4.78 is 12.8. The number of nitrogens with one attached hydrogen (secondary N) is 2. The molecule has 0 radical (unpaired) electrons. The SMILES string of the molecule is CCOc1cc(CCCNC(=NC)NCC(c2cnn(C)c2)N(C)C)ccc1OC.I. The Morgan fingerprint density at radius 1 is 1.26 bits per heavy atom. The van der Waals surface area contributed by atoms with Crippen molar-refractivity contribution in [3.63, 3.8) is 0 Å². The van der Waals surface area contributed by atoms with Crippen molar-refractivity contribution >= 4 is 29.9 Å². The Kier molecular flexibility index (Phi) is 12.3. The van der Waals surface area contributed by atoms with Gasteiger partial charge in [0.1, 0.15) is 0 Å². The molecule has 174 valence electrons. The molecule has 0 aliphatic carbocycles. The minimum Gasteiger partial charge on any atom is -0.493 e. The second-order valence-corrected chi connectivity index (χ2v) is 7.33. The molecular weight excluding hydrogens is 507 g/mol. The number of nitrogens with zero attached hydrogens (tertiary/aromatic N) is 4. The first-order valence-electron chi connectivity index (χ1n) is 10.4. The molecule has 1 aromatic carbocycles. The van der Waals surface area contributed by atoms with Crippen LogP contribution in [0.5, 0.6) is 11.5 Å². The van der Waals surface area contributed by atoms with Crippen molar-refractivity contribution < 1.29 is 9.47 Å². The summed E-state index contributed by atoms with van der Waals surface area (Å²) in [7, 11) is 9.53. The van der Waals surface area contributed by atoms with E-state index < -0.39 is 0 Å². The van der Waals surface area contributed by atoms with Crippen molar-refractivity contribution in [1.82, 2.24) is 25.3 Å². The summed E-state index contributed by atoms with van der Waals surface area (Å²) >= 11 is 0. The zero-order chi connectivity index (χ0) is 21.9. The van der Waals surface area contributed by atoms with Crippen LogP contribution in [0.4, 0.5) is 0 Å². The zero-order valence-corrected chi connectivity index (χ0v) is 21.8. The number of benzene rings is 1. The van der Waals surface area contributed by atoms with E-state index >= 15 is 0 Å². The van der Waals surface area contributed by atoms with Gasteiger partial charge < -0.3 is 25.0 Å². The summed E-state index contributed by atoms with van der Waals surface area (Å²) in [4.78, 5) is 6.52. The maximum atomic E-state index is 5.66. The first-order chi connectivity index (χ1) is 14.5. The highest BCUT2D eigenvalue weighted by Gasteiger charge is 2.16. The molecule has 9 heteroatoms. The fourth-order valence-electron chi connectivity index (χ4n) is 3.27. The van der Waals surface area contributed by atoms with Crippen molar-refractivity contribution in [2.75, 3.05) is 47.9 Å². The number of aromatic nitrogens is 2. The average molecular weight is 544 g/mol. The number of likely N-dealkylation sites (N-methyl/N-ethyl adjacent to an activating group) is 1. The van der Waals surface area contributed by atoms with Gasteiger partial charge >= 0.3 is 0 Å². The number of halogens is 1. The number of guanidine groups is 1. The highest BCUT2D eigenvalue weighted by Crippen LogP contribution is 2.28. The molecule has 0 aliphatic heterocycles. The molecule has 0 bridgehead atoms. The van der Waals surface area contributed by atoms with E-state index in [4.69, 9.17) is 9.47 Å². The van der Waals surface area contributed by atoms with Gasteiger partial charge in [0, 0.05) is 38.9 Å². The molecule has 1 aromatic heterocycles. The van der Waals surface area contributed by atoms with Gasteiger partial charge in [0.15, 0.2) is 17.5 Å². The first-order valence-corrected chi connectivity index (χ1v) is 10.4. The highest BCUT2D eigenvalue weighted by molar-refractivity contribution is 14.0.